The average molecular weight is 215 g/mol. The number of fused-ring (bicyclic) bond motifs is 1. The lowest BCUT2D eigenvalue weighted by Crippen LogP contribution is -2.17. The van der Waals surface area contributed by atoms with Crippen molar-refractivity contribution in [2.45, 2.75) is 20.3 Å². The van der Waals surface area contributed by atoms with Crippen molar-refractivity contribution in [3.05, 3.63) is 46.4 Å². The van der Waals surface area contributed by atoms with Crippen LogP contribution in [-0.4, -0.2) is 4.57 Å². The summed E-state index contributed by atoms with van der Waals surface area (Å²) < 4.78 is 1.68. The molecule has 0 N–H and O–H groups in total. The SMILES string of the molecule is CC(C)Cc1cn(C)c(=O)c2ccccc12. The second kappa shape index (κ2) is 4.12. The number of nitrogens with zero attached hydrogens (tertiary/aromatic N) is 1. The van der Waals surface area contributed by atoms with Crippen LogP contribution in [0.4, 0.5) is 0 Å². The monoisotopic (exact) mass is 215 g/mol. The van der Waals surface area contributed by atoms with Crippen LogP contribution in [0.15, 0.2) is 35.3 Å². The molecule has 0 saturated carbocycles. The Morgan fingerprint density at radius 1 is 1.19 bits per heavy atom. The van der Waals surface area contributed by atoms with E-state index in [0.29, 0.717) is 5.92 Å². The molecule has 0 aliphatic carbocycles. The number of benzene rings is 1. The zero-order valence-corrected chi connectivity index (χ0v) is 10.0. The molecule has 0 bridgehead atoms. The van der Waals surface area contributed by atoms with Crippen LogP contribution < -0.4 is 5.56 Å². The lowest BCUT2D eigenvalue weighted by atomic mass is 9.99. The summed E-state index contributed by atoms with van der Waals surface area (Å²) in [5, 5.41) is 1.92. The van der Waals surface area contributed by atoms with E-state index in [9.17, 15) is 4.79 Å². The smallest absolute Gasteiger partial charge is 0.258 e. The molecule has 0 saturated heterocycles. The minimum absolute atomic E-state index is 0.0862. The van der Waals surface area contributed by atoms with Crippen LogP contribution in [0, 0.1) is 5.92 Å². The van der Waals surface area contributed by atoms with Crippen molar-refractivity contribution in [1.29, 1.82) is 0 Å². The first-order valence-electron chi connectivity index (χ1n) is 5.67. The maximum atomic E-state index is 11.9. The number of hydrogen-bond donors (Lipinski definition) is 0. The third kappa shape index (κ3) is 1.87. The zero-order chi connectivity index (χ0) is 11.7. The Bertz CT molecular complexity index is 566. The highest BCUT2D eigenvalue weighted by molar-refractivity contribution is 5.84. The standard InChI is InChI=1S/C14H17NO/c1-10(2)8-11-9-15(3)14(16)13-7-5-4-6-12(11)13/h4-7,9-10H,8H2,1-3H3. The van der Waals surface area contributed by atoms with Crippen LogP contribution in [0.1, 0.15) is 19.4 Å². The van der Waals surface area contributed by atoms with Gasteiger partial charge in [0.05, 0.1) is 0 Å². The van der Waals surface area contributed by atoms with Gasteiger partial charge in [-0.1, -0.05) is 32.0 Å². The quantitative estimate of drug-likeness (QED) is 0.755. The van der Waals surface area contributed by atoms with Crippen molar-refractivity contribution in [2.24, 2.45) is 13.0 Å². The summed E-state index contributed by atoms with van der Waals surface area (Å²) in [5.41, 5.74) is 1.34. The van der Waals surface area contributed by atoms with Gasteiger partial charge in [-0.05, 0) is 29.4 Å². The fourth-order valence-corrected chi connectivity index (χ4v) is 2.10. The first-order chi connectivity index (χ1) is 7.59. The van der Waals surface area contributed by atoms with Gasteiger partial charge in [-0.3, -0.25) is 4.79 Å². The summed E-state index contributed by atoms with van der Waals surface area (Å²) in [6, 6.07) is 7.85. The molecule has 0 atom stereocenters. The molecule has 16 heavy (non-hydrogen) atoms. The third-order valence-corrected chi connectivity index (χ3v) is 2.80. The highest BCUT2D eigenvalue weighted by Gasteiger charge is 2.07. The Morgan fingerprint density at radius 3 is 2.44 bits per heavy atom. The summed E-state index contributed by atoms with van der Waals surface area (Å²) in [5.74, 6) is 0.598. The second-order valence-corrected chi connectivity index (χ2v) is 4.71. The van der Waals surface area contributed by atoms with Crippen molar-refractivity contribution in [1.82, 2.24) is 4.57 Å². The summed E-state index contributed by atoms with van der Waals surface area (Å²) in [7, 11) is 1.82. The first kappa shape index (κ1) is 10.9. The van der Waals surface area contributed by atoms with Gasteiger partial charge in [0.15, 0.2) is 0 Å². The van der Waals surface area contributed by atoms with E-state index in [4.69, 9.17) is 0 Å². The van der Waals surface area contributed by atoms with E-state index >= 15 is 0 Å². The molecular weight excluding hydrogens is 198 g/mol. The van der Waals surface area contributed by atoms with Gasteiger partial charge in [0.1, 0.15) is 0 Å². The number of aryl methyl sites for hydroxylation is 1. The molecule has 1 aromatic heterocycles. The lowest BCUT2D eigenvalue weighted by Gasteiger charge is -2.10. The van der Waals surface area contributed by atoms with Crippen LogP contribution in [0.5, 0.6) is 0 Å². The molecule has 0 aliphatic rings. The summed E-state index contributed by atoms with van der Waals surface area (Å²) in [6.45, 7) is 4.39. The third-order valence-electron chi connectivity index (χ3n) is 2.80. The van der Waals surface area contributed by atoms with E-state index in [1.807, 2.05) is 37.5 Å². The minimum atomic E-state index is 0.0862. The van der Waals surface area contributed by atoms with Crippen LogP contribution in [0.3, 0.4) is 0 Å². The van der Waals surface area contributed by atoms with Crippen molar-refractivity contribution < 1.29 is 0 Å². The molecule has 0 amide bonds. The highest BCUT2D eigenvalue weighted by atomic mass is 16.1. The summed E-state index contributed by atoms with van der Waals surface area (Å²) in [4.78, 5) is 11.9. The molecular formula is C14H17NO. The molecule has 0 aliphatic heterocycles. The molecule has 2 rings (SSSR count). The fraction of sp³-hybridized carbons (Fsp3) is 0.357. The van der Waals surface area contributed by atoms with Crippen molar-refractivity contribution >= 4 is 10.8 Å². The van der Waals surface area contributed by atoms with Crippen molar-refractivity contribution in [3.63, 3.8) is 0 Å². The van der Waals surface area contributed by atoms with Crippen LogP contribution in [0.2, 0.25) is 0 Å². The Hall–Kier alpha value is -1.57. The summed E-state index contributed by atoms with van der Waals surface area (Å²) in [6.07, 6.45) is 2.97. The van der Waals surface area contributed by atoms with E-state index in [1.165, 1.54) is 5.56 Å². The fourth-order valence-electron chi connectivity index (χ4n) is 2.10. The van der Waals surface area contributed by atoms with Crippen LogP contribution in [0.25, 0.3) is 10.8 Å². The number of aromatic nitrogens is 1. The molecule has 2 heteroatoms. The van der Waals surface area contributed by atoms with E-state index in [0.717, 1.165) is 17.2 Å². The molecule has 2 nitrogen and oxygen atoms in total. The van der Waals surface area contributed by atoms with E-state index in [1.54, 1.807) is 4.57 Å². The maximum Gasteiger partial charge on any atom is 0.258 e. The molecule has 0 spiro atoms. The maximum absolute atomic E-state index is 11.9. The molecule has 0 fully saturated rings. The van der Waals surface area contributed by atoms with Gasteiger partial charge in [0, 0.05) is 18.6 Å². The predicted octanol–water partition coefficient (Wildman–Crippen LogP) is 2.74. The number of pyridine rings is 1. The van der Waals surface area contributed by atoms with Gasteiger partial charge in [-0.25, -0.2) is 0 Å². The van der Waals surface area contributed by atoms with Gasteiger partial charge in [0.2, 0.25) is 0 Å². The predicted molar refractivity (Wildman–Crippen MR) is 67.7 cm³/mol. The van der Waals surface area contributed by atoms with Gasteiger partial charge in [-0.2, -0.15) is 0 Å². The zero-order valence-electron chi connectivity index (χ0n) is 10.0. The largest absolute Gasteiger partial charge is 0.318 e. The van der Waals surface area contributed by atoms with E-state index in [2.05, 4.69) is 13.8 Å². The van der Waals surface area contributed by atoms with Crippen LogP contribution >= 0.6 is 0 Å². The minimum Gasteiger partial charge on any atom is -0.318 e. The van der Waals surface area contributed by atoms with E-state index < -0.39 is 0 Å². The van der Waals surface area contributed by atoms with Gasteiger partial charge < -0.3 is 4.57 Å². The Kier molecular flexibility index (Phi) is 2.82. The Balaban J connectivity index is 2.74. The summed E-state index contributed by atoms with van der Waals surface area (Å²) >= 11 is 0. The van der Waals surface area contributed by atoms with Crippen molar-refractivity contribution in [2.75, 3.05) is 0 Å². The van der Waals surface area contributed by atoms with Gasteiger partial charge >= 0.3 is 0 Å². The topological polar surface area (TPSA) is 22.0 Å². The average Bonchev–Trinajstić information content (AvgIpc) is 2.25. The van der Waals surface area contributed by atoms with Crippen molar-refractivity contribution in [3.8, 4) is 0 Å². The van der Waals surface area contributed by atoms with Gasteiger partial charge in [-0.15, -0.1) is 0 Å². The number of rotatable bonds is 2. The Labute approximate surface area is 95.5 Å². The molecule has 84 valence electrons. The molecule has 0 radical (unpaired) electrons. The van der Waals surface area contributed by atoms with Crippen LogP contribution in [-0.2, 0) is 13.5 Å². The van der Waals surface area contributed by atoms with Gasteiger partial charge in [0.25, 0.3) is 5.56 Å². The molecule has 1 aromatic carbocycles. The normalized spacial score (nSPS) is 11.2. The molecule has 0 unspecified atom stereocenters. The second-order valence-electron chi connectivity index (χ2n) is 4.71. The molecule has 1 heterocycles. The first-order valence-corrected chi connectivity index (χ1v) is 5.67. The molecule has 2 aromatic rings. The number of hydrogen-bond acceptors (Lipinski definition) is 1. The van der Waals surface area contributed by atoms with E-state index in [-0.39, 0.29) is 5.56 Å². The lowest BCUT2D eigenvalue weighted by molar-refractivity contribution is 0.644. The highest BCUT2D eigenvalue weighted by Crippen LogP contribution is 2.18. The Morgan fingerprint density at radius 2 is 1.81 bits per heavy atom.